The maximum atomic E-state index is 10.5. The largest absolute Gasteiger partial charge is 0.477 e. The van der Waals surface area contributed by atoms with Crippen LogP contribution in [0.4, 0.5) is 0 Å². The Labute approximate surface area is 74.0 Å². The van der Waals surface area contributed by atoms with Crippen molar-refractivity contribution < 1.29 is 9.90 Å². The molecule has 0 radical (unpaired) electrons. The molecule has 4 nitrogen and oxygen atoms in total. The van der Waals surface area contributed by atoms with Crippen molar-refractivity contribution in [3.05, 3.63) is 18.0 Å². The Morgan fingerprint density at radius 1 is 1.75 bits per heavy atom. The average Bonchev–Trinajstić information content (AvgIpc) is 2.05. The van der Waals surface area contributed by atoms with E-state index in [4.69, 9.17) is 5.11 Å². The van der Waals surface area contributed by atoms with Crippen LogP contribution < -0.4 is 0 Å². The Morgan fingerprint density at radius 2 is 2.50 bits per heavy atom. The Morgan fingerprint density at radius 3 is 3.08 bits per heavy atom. The van der Waals surface area contributed by atoms with Crippen molar-refractivity contribution in [2.75, 3.05) is 5.75 Å². The van der Waals surface area contributed by atoms with Crippen molar-refractivity contribution in [1.82, 2.24) is 9.97 Å². The highest BCUT2D eigenvalue weighted by Crippen LogP contribution is 2.10. The molecule has 0 aliphatic rings. The van der Waals surface area contributed by atoms with E-state index in [0.29, 0.717) is 5.16 Å². The summed E-state index contributed by atoms with van der Waals surface area (Å²) in [6, 6.07) is 1.38. The zero-order valence-corrected chi connectivity index (χ0v) is 7.34. The molecule has 1 aromatic heterocycles. The summed E-state index contributed by atoms with van der Waals surface area (Å²) in [5.41, 5.74) is 0.0425. The van der Waals surface area contributed by atoms with Crippen LogP contribution in [0.2, 0.25) is 0 Å². The van der Waals surface area contributed by atoms with Gasteiger partial charge in [0.1, 0.15) is 0 Å². The van der Waals surface area contributed by atoms with Gasteiger partial charge < -0.3 is 5.11 Å². The topological polar surface area (TPSA) is 63.1 Å². The Bertz CT molecular complexity index is 290. The lowest BCUT2D eigenvalue weighted by Crippen LogP contribution is -2.01. The molecule has 0 atom stereocenters. The molecule has 0 amide bonds. The maximum absolute atomic E-state index is 10.5. The van der Waals surface area contributed by atoms with Gasteiger partial charge in [0.15, 0.2) is 10.9 Å². The summed E-state index contributed by atoms with van der Waals surface area (Å²) in [4.78, 5) is 18.2. The van der Waals surface area contributed by atoms with Crippen molar-refractivity contribution in [1.29, 1.82) is 0 Å². The standard InChI is InChI=1S/C7H8N2O2S/c1-2-12-7-8-4-3-5(9-7)6(10)11/h3-4H,2H2,1H3,(H,10,11). The van der Waals surface area contributed by atoms with E-state index in [1.165, 1.54) is 24.0 Å². The summed E-state index contributed by atoms with van der Waals surface area (Å²) in [6.07, 6.45) is 1.45. The first kappa shape index (κ1) is 8.99. The summed E-state index contributed by atoms with van der Waals surface area (Å²) in [5.74, 6) is -0.182. The second-order valence-corrected chi connectivity index (χ2v) is 3.19. The summed E-state index contributed by atoms with van der Waals surface area (Å²) in [5, 5.41) is 9.09. The molecule has 0 aromatic carbocycles. The lowest BCUT2D eigenvalue weighted by molar-refractivity contribution is 0.0689. The van der Waals surface area contributed by atoms with E-state index in [1.54, 1.807) is 0 Å². The zero-order chi connectivity index (χ0) is 8.97. The molecule has 5 heteroatoms. The van der Waals surface area contributed by atoms with Crippen molar-refractivity contribution >= 4 is 17.7 Å². The number of hydrogen-bond donors (Lipinski definition) is 1. The van der Waals surface area contributed by atoms with Crippen LogP contribution in [0, 0.1) is 0 Å². The second kappa shape index (κ2) is 4.06. The first-order valence-electron chi connectivity index (χ1n) is 3.43. The predicted octanol–water partition coefficient (Wildman–Crippen LogP) is 1.29. The molecular weight excluding hydrogens is 176 g/mol. The van der Waals surface area contributed by atoms with Crippen LogP contribution >= 0.6 is 11.8 Å². The van der Waals surface area contributed by atoms with E-state index in [-0.39, 0.29) is 5.69 Å². The minimum Gasteiger partial charge on any atom is -0.477 e. The summed E-state index contributed by atoms with van der Waals surface area (Å²) in [6.45, 7) is 1.96. The van der Waals surface area contributed by atoms with Crippen LogP contribution in [0.15, 0.2) is 17.4 Å². The molecule has 1 N–H and O–H groups in total. The van der Waals surface area contributed by atoms with E-state index in [0.717, 1.165) is 5.75 Å². The Balaban J connectivity index is 2.88. The van der Waals surface area contributed by atoms with Crippen LogP contribution in [0.25, 0.3) is 0 Å². The number of aromatic carboxylic acids is 1. The third-order valence-electron chi connectivity index (χ3n) is 1.13. The zero-order valence-electron chi connectivity index (χ0n) is 6.52. The van der Waals surface area contributed by atoms with Gasteiger partial charge in [-0.3, -0.25) is 0 Å². The van der Waals surface area contributed by atoms with Gasteiger partial charge in [0.25, 0.3) is 0 Å². The molecule has 64 valence electrons. The fourth-order valence-corrected chi connectivity index (χ4v) is 1.22. The Kier molecular flexibility index (Phi) is 3.04. The molecule has 12 heavy (non-hydrogen) atoms. The molecule has 0 aliphatic carbocycles. The molecule has 1 aromatic rings. The van der Waals surface area contributed by atoms with Crippen molar-refractivity contribution in [2.45, 2.75) is 12.1 Å². The normalized spacial score (nSPS) is 9.75. The quantitative estimate of drug-likeness (QED) is 0.566. The summed E-state index contributed by atoms with van der Waals surface area (Å²) >= 11 is 1.42. The molecule has 0 spiro atoms. The van der Waals surface area contributed by atoms with Crippen LogP contribution in [0.5, 0.6) is 0 Å². The summed E-state index contributed by atoms with van der Waals surface area (Å²) < 4.78 is 0. The lowest BCUT2D eigenvalue weighted by Gasteiger charge is -1.96. The smallest absolute Gasteiger partial charge is 0.354 e. The van der Waals surface area contributed by atoms with Crippen LogP contribution in [-0.4, -0.2) is 26.8 Å². The van der Waals surface area contributed by atoms with E-state index in [9.17, 15) is 4.79 Å². The number of carboxylic acids is 1. The fraction of sp³-hybridized carbons (Fsp3) is 0.286. The second-order valence-electron chi connectivity index (χ2n) is 1.96. The highest BCUT2D eigenvalue weighted by molar-refractivity contribution is 7.99. The van der Waals surface area contributed by atoms with E-state index < -0.39 is 5.97 Å². The van der Waals surface area contributed by atoms with Gasteiger partial charge in [0.05, 0.1) is 0 Å². The minimum absolute atomic E-state index is 0.0425. The predicted molar refractivity (Wildman–Crippen MR) is 45.4 cm³/mol. The van der Waals surface area contributed by atoms with Gasteiger partial charge in [0.2, 0.25) is 0 Å². The average molecular weight is 184 g/mol. The molecule has 0 fully saturated rings. The van der Waals surface area contributed by atoms with Crippen molar-refractivity contribution in [3.63, 3.8) is 0 Å². The number of rotatable bonds is 3. The van der Waals surface area contributed by atoms with Gasteiger partial charge in [-0.25, -0.2) is 14.8 Å². The molecule has 0 saturated carbocycles. The van der Waals surface area contributed by atoms with E-state index in [1.807, 2.05) is 6.92 Å². The Hall–Kier alpha value is -1.10. The van der Waals surface area contributed by atoms with Crippen LogP contribution in [0.1, 0.15) is 17.4 Å². The maximum Gasteiger partial charge on any atom is 0.354 e. The van der Waals surface area contributed by atoms with Gasteiger partial charge in [0, 0.05) is 6.20 Å². The van der Waals surface area contributed by atoms with Gasteiger partial charge >= 0.3 is 5.97 Å². The monoisotopic (exact) mass is 184 g/mol. The van der Waals surface area contributed by atoms with Gasteiger partial charge in [-0.05, 0) is 11.8 Å². The van der Waals surface area contributed by atoms with Crippen molar-refractivity contribution in [2.24, 2.45) is 0 Å². The van der Waals surface area contributed by atoms with E-state index >= 15 is 0 Å². The van der Waals surface area contributed by atoms with Gasteiger partial charge in [-0.1, -0.05) is 18.7 Å². The third kappa shape index (κ3) is 2.20. The number of hydrogen-bond acceptors (Lipinski definition) is 4. The summed E-state index contributed by atoms with van der Waals surface area (Å²) in [7, 11) is 0. The molecule has 0 aliphatic heterocycles. The number of carboxylic acid groups (broad SMARTS) is 1. The third-order valence-corrected chi connectivity index (χ3v) is 1.87. The number of nitrogens with zero attached hydrogens (tertiary/aromatic N) is 2. The minimum atomic E-state index is -1.02. The fourth-order valence-electron chi connectivity index (χ4n) is 0.659. The van der Waals surface area contributed by atoms with Crippen molar-refractivity contribution in [3.8, 4) is 0 Å². The molecule has 0 bridgehead atoms. The SMILES string of the molecule is CCSc1nccc(C(=O)O)n1. The lowest BCUT2D eigenvalue weighted by atomic mass is 10.4. The first-order chi connectivity index (χ1) is 5.74. The number of aromatic nitrogens is 2. The molecule has 1 rings (SSSR count). The number of thioether (sulfide) groups is 1. The number of carbonyl (C=O) groups is 1. The van der Waals surface area contributed by atoms with Crippen LogP contribution in [0.3, 0.4) is 0 Å². The van der Waals surface area contributed by atoms with Gasteiger partial charge in [-0.2, -0.15) is 0 Å². The highest BCUT2D eigenvalue weighted by Gasteiger charge is 2.05. The molecule has 0 unspecified atom stereocenters. The molecular formula is C7H8N2O2S. The molecule has 1 heterocycles. The molecule has 0 saturated heterocycles. The van der Waals surface area contributed by atoms with Crippen LogP contribution in [-0.2, 0) is 0 Å². The van der Waals surface area contributed by atoms with E-state index in [2.05, 4.69) is 9.97 Å². The highest BCUT2D eigenvalue weighted by atomic mass is 32.2. The first-order valence-corrected chi connectivity index (χ1v) is 4.41. The van der Waals surface area contributed by atoms with Gasteiger partial charge in [-0.15, -0.1) is 0 Å².